The van der Waals surface area contributed by atoms with Crippen molar-refractivity contribution >= 4 is 5.91 Å². The Kier molecular flexibility index (Phi) is 4.71. The van der Waals surface area contributed by atoms with Gasteiger partial charge in [0, 0.05) is 12.6 Å². The summed E-state index contributed by atoms with van der Waals surface area (Å²) in [6.45, 7) is 2.32. The zero-order chi connectivity index (χ0) is 14.4. The van der Waals surface area contributed by atoms with Crippen molar-refractivity contribution in [2.75, 3.05) is 6.61 Å². The minimum atomic E-state index is -0.386. The fourth-order valence-corrected chi connectivity index (χ4v) is 1.78. The number of aryl methyl sites for hydroxylation is 1. The molecule has 0 radical (unpaired) electrons. The lowest BCUT2D eigenvalue weighted by atomic mass is 10.1. The lowest BCUT2D eigenvalue weighted by Gasteiger charge is -2.08. The highest BCUT2D eigenvalue weighted by Gasteiger charge is 2.03. The molecule has 0 aliphatic rings. The number of hydrogen-bond donors (Lipinski definition) is 1. The second kappa shape index (κ2) is 6.70. The molecule has 1 N–H and O–H groups in total. The molecule has 2 rings (SSSR count). The van der Waals surface area contributed by atoms with Crippen LogP contribution in [0.1, 0.15) is 11.1 Å². The Hall–Kier alpha value is -2.36. The second-order valence-corrected chi connectivity index (χ2v) is 4.51. The maximum absolute atomic E-state index is 12.9. The summed E-state index contributed by atoms with van der Waals surface area (Å²) < 4.78 is 18.1. The molecule has 1 amide bonds. The van der Waals surface area contributed by atoms with Crippen LogP contribution in [0, 0.1) is 12.7 Å². The third kappa shape index (κ3) is 4.39. The number of hydrogen-bond acceptors (Lipinski definition) is 2. The quantitative estimate of drug-likeness (QED) is 0.909. The molecular weight excluding hydrogens is 257 g/mol. The Balaban J connectivity index is 1.78. The van der Waals surface area contributed by atoms with E-state index in [9.17, 15) is 9.18 Å². The predicted molar refractivity (Wildman–Crippen MR) is 74.9 cm³/mol. The molecule has 0 atom stereocenters. The first-order valence-electron chi connectivity index (χ1n) is 6.34. The normalized spacial score (nSPS) is 10.1. The van der Waals surface area contributed by atoms with Gasteiger partial charge in [-0.3, -0.25) is 4.79 Å². The van der Waals surface area contributed by atoms with Crippen molar-refractivity contribution in [3.8, 4) is 5.75 Å². The molecule has 2 aromatic rings. The van der Waals surface area contributed by atoms with Crippen molar-refractivity contribution in [3.05, 3.63) is 65.5 Å². The van der Waals surface area contributed by atoms with Crippen LogP contribution in [-0.4, -0.2) is 12.5 Å². The predicted octanol–water partition coefficient (Wildman–Crippen LogP) is 2.83. The SMILES string of the molecule is Cc1cccc(CNC(=O)COc2cccc(F)c2)c1. The van der Waals surface area contributed by atoms with Crippen molar-refractivity contribution in [2.24, 2.45) is 0 Å². The summed E-state index contributed by atoms with van der Waals surface area (Å²) in [4.78, 5) is 11.6. The molecule has 104 valence electrons. The molecule has 2 aromatic carbocycles. The van der Waals surface area contributed by atoms with Crippen LogP contribution in [0.5, 0.6) is 5.75 Å². The zero-order valence-electron chi connectivity index (χ0n) is 11.2. The first-order chi connectivity index (χ1) is 9.63. The Morgan fingerprint density at radius 3 is 2.75 bits per heavy atom. The number of amides is 1. The Morgan fingerprint density at radius 1 is 1.20 bits per heavy atom. The van der Waals surface area contributed by atoms with E-state index in [1.165, 1.54) is 18.2 Å². The minimum Gasteiger partial charge on any atom is -0.484 e. The molecule has 0 saturated carbocycles. The van der Waals surface area contributed by atoms with E-state index in [4.69, 9.17) is 4.74 Å². The van der Waals surface area contributed by atoms with Gasteiger partial charge in [0.2, 0.25) is 0 Å². The molecule has 0 fully saturated rings. The van der Waals surface area contributed by atoms with Gasteiger partial charge in [-0.15, -0.1) is 0 Å². The number of ether oxygens (including phenoxy) is 1. The van der Waals surface area contributed by atoms with Gasteiger partial charge in [0.05, 0.1) is 0 Å². The van der Waals surface area contributed by atoms with E-state index in [-0.39, 0.29) is 18.3 Å². The third-order valence-corrected chi connectivity index (χ3v) is 2.74. The fourth-order valence-electron chi connectivity index (χ4n) is 1.78. The van der Waals surface area contributed by atoms with Crippen LogP contribution >= 0.6 is 0 Å². The van der Waals surface area contributed by atoms with Gasteiger partial charge in [-0.25, -0.2) is 4.39 Å². The smallest absolute Gasteiger partial charge is 0.258 e. The van der Waals surface area contributed by atoms with Crippen LogP contribution < -0.4 is 10.1 Å². The van der Waals surface area contributed by atoms with Gasteiger partial charge in [-0.05, 0) is 24.6 Å². The molecule has 0 saturated heterocycles. The van der Waals surface area contributed by atoms with Crippen molar-refractivity contribution in [1.82, 2.24) is 5.32 Å². The topological polar surface area (TPSA) is 38.3 Å². The number of nitrogens with one attached hydrogen (secondary N) is 1. The summed E-state index contributed by atoms with van der Waals surface area (Å²) in [7, 11) is 0. The molecule has 20 heavy (non-hydrogen) atoms. The standard InChI is InChI=1S/C16H16FNO2/c1-12-4-2-5-13(8-12)10-18-16(19)11-20-15-7-3-6-14(17)9-15/h2-9H,10-11H2,1H3,(H,18,19). The molecular formula is C16H16FNO2. The number of rotatable bonds is 5. The monoisotopic (exact) mass is 273 g/mol. The summed E-state index contributed by atoms with van der Waals surface area (Å²) in [6.07, 6.45) is 0. The summed E-state index contributed by atoms with van der Waals surface area (Å²) in [5, 5.41) is 2.75. The van der Waals surface area contributed by atoms with E-state index in [0.29, 0.717) is 12.3 Å². The zero-order valence-corrected chi connectivity index (χ0v) is 11.2. The van der Waals surface area contributed by atoms with E-state index in [1.807, 2.05) is 31.2 Å². The van der Waals surface area contributed by atoms with Gasteiger partial charge in [0.25, 0.3) is 5.91 Å². The van der Waals surface area contributed by atoms with Crippen LogP contribution in [0.25, 0.3) is 0 Å². The van der Waals surface area contributed by atoms with Crippen molar-refractivity contribution < 1.29 is 13.9 Å². The molecule has 3 nitrogen and oxygen atoms in total. The van der Waals surface area contributed by atoms with Gasteiger partial charge in [0.15, 0.2) is 6.61 Å². The largest absolute Gasteiger partial charge is 0.484 e. The van der Waals surface area contributed by atoms with Crippen LogP contribution in [0.15, 0.2) is 48.5 Å². The van der Waals surface area contributed by atoms with E-state index in [0.717, 1.165) is 11.1 Å². The molecule has 0 unspecified atom stereocenters. The first-order valence-corrected chi connectivity index (χ1v) is 6.34. The molecule has 0 aliphatic heterocycles. The average molecular weight is 273 g/mol. The molecule has 0 heterocycles. The van der Waals surface area contributed by atoms with Crippen molar-refractivity contribution in [2.45, 2.75) is 13.5 Å². The van der Waals surface area contributed by atoms with E-state index < -0.39 is 0 Å². The van der Waals surface area contributed by atoms with Gasteiger partial charge in [-0.2, -0.15) is 0 Å². The number of benzene rings is 2. The molecule has 0 bridgehead atoms. The lowest BCUT2D eigenvalue weighted by molar-refractivity contribution is -0.123. The summed E-state index contributed by atoms with van der Waals surface area (Å²) >= 11 is 0. The van der Waals surface area contributed by atoms with Gasteiger partial charge in [0.1, 0.15) is 11.6 Å². The molecule has 0 aromatic heterocycles. The van der Waals surface area contributed by atoms with Gasteiger partial charge >= 0.3 is 0 Å². The molecule has 4 heteroatoms. The van der Waals surface area contributed by atoms with E-state index in [2.05, 4.69) is 5.32 Å². The van der Waals surface area contributed by atoms with Crippen molar-refractivity contribution in [3.63, 3.8) is 0 Å². The van der Waals surface area contributed by atoms with Crippen LogP contribution in [0.2, 0.25) is 0 Å². The van der Waals surface area contributed by atoms with Crippen LogP contribution in [-0.2, 0) is 11.3 Å². The number of halogens is 1. The highest BCUT2D eigenvalue weighted by Crippen LogP contribution is 2.11. The summed E-state index contributed by atoms with van der Waals surface area (Å²) in [5.74, 6) is -0.283. The van der Waals surface area contributed by atoms with Gasteiger partial charge in [-0.1, -0.05) is 35.9 Å². The average Bonchev–Trinajstić information content (AvgIpc) is 2.43. The fraction of sp³-hybridized carbons (Fsp3) is 0.188. The summed E-state index contributed by atoms with van der Waals surface area (Å²) in [5.41, 5.74) is 2.18. The Bertz CT molecular complexity index is 547. The highest BCUT2D eigenvalue weighted by atomic mass is 19.1. The van der Waals surface area contributed by atoms with E-state index >= 15 is 0 Å². The minimum absolute atomic E-state index is 0.130. The maximum atomic E-state index is 12.9. The number of carbonyl (C=O) groups excluding carboxylic acids is 1. The third-order valence-electron chi connectivity index (χ3n) is 2.74. The van der Waals surface area contributed by atoms with Gasteiger partial charge < -0.3 is 10.1 Å². The lowest BCUT2D eigenvalue weighted by Crippen LogP contribution is -2.28. The summed E-state index contributed by atoms with van der Waals surface area (Å²) in [6, 6.07) is 13.6. The second-order valence-electron chi connectivity index (χ2n) is 4.51. The van der Waals surface area contributed by atoms with Crippen LogP contribution in [0.3, 0.4) is 0 Å². The molecule has 0 aliphatic carbocycles. The maximum Gasteiger partial charge on any atom is 0.258 e. The number of carbonyl (C=O) groups is 1. The Labute approximate surface area is 117 Å². The molecule has 0 spiro atoms. The van der Waals surface area contributed by atoms with Crippen LogP contribution in [0.4, 0.5) is 4.39 Å². The van der Waals surface area contributed by atoms with E-state index in [1.54, 1.807) is 6.07 Å². The Morgan fingerprint density at radius 2 is 2.00 bits per heavy atom. The first kappa shape index (κ1) is 14.1. The highest BCUT2D eigenvalue weighted by molar-refractivity contribution is 5.77. The van der Waals surface area contributed by atoms with Crippen molar-refractivity contribution in [1.29, 1.82) is 0 Å².